The van der Waals surface area contributed by atoms with Crippen molar-refractivity contribution >= 4 is 78.8 Å². The number of rotatable bonds is 1. The Hall–Kier alpha value is -6.14. The zero-order chi connectivity index (χ0) is 29.7. The third-order valence-corrected chi connectivity index (χ3v) is 8.71. The topological polar surface area (TPSA) is 68.7 Å². The molecule has 0 N–H and O–H groups in total. The molecule has 6 heteroatoms. The summed E-state index contributed by atoms with van der Waals surface area (Å²) in [5, 5.41) is 6.17. The summed E-state index contributed by atoms with van der Waals surface area (Å²) in [6, 6.07) is 35.0. The van der Waals surface area contributed by atoms with Gasteiger partial charge in [-0.1, -0.05) is 73.8 Å². The van der Waals surface area contributed by atoms with Crippen molar-refractivity contribution in [3.63, 3.8) is 0 Å². The second-order valence-electron chi connectivity index (χ2n) is 11.2. The van der Waals surface area contributed by atoms with E-state index in [1.54, 1.807) is 14.9 Å². The Morgan fingerprint density at radius 1 is 0.500 bits per heavy atom. The van der Waals surface area contributed by atoms with Crippen LogP contribution in [-0.4, -0.2) is 18.8 Å². The Labute approximate surface area is 248 Å². The number of benzene rings is 5. The van der Waals surface area contributed by atoms with E-state index in [2.05, 4.69) is 37.4 Å². The number of imidazole rings is 2. The van der Waals surface area contributed by atoms with Gasteiger partial charge in [-0.2, -0.15) is 0 Å². The maximum atomic E-state index is 13.9. The first-order valence-corrected chi connectivity index (χ1v) is 14.3. The van der Waals surface area contributed by atoms with Crippen molar-refractivity contribution in [2.45, 2.75) is 0 Å². The minimum absolute atomic E-state index is 0.0870. The van der Waals surface area contributed by atoms with E-state index in [4.69, 9.17) is 9.97 Å². The van der Waals surface area contributed by atoms with Gasteiger partial charge in [-0.3, -0.25) is 18.4 Å². The summed E-state index contributed by atoms with van der Waals surface area (Å²) in [7, 11) is 0. The largest absolute Gasteiger partial charge is 0.268 e. The maximum absolute atomic E-state index is 13.9. The average Bonchev–Trinajstić information content (AvgIpc) is 3.64. The monoisotopic (exact) mass is 566 g/mol. The van der Waals surface area contributed by atoms with Gasteiger partial charge in [0.1, 0.15) is 11.3 Å². The van der Waals surface area contributed by atoms with Gasteiger partial charge in [0.25, 0.3) is 11.1 Å². The molecular formula is C38H22N4O2. The van der Waals surface area contributed by atoms with E-state index in [0.29, 0.717) is 21.9 Å². The Morgan fingerprint density at radius 2 is 1.11 bits per heavy atom. The number of pyridine rings is 1. The zero-order valence-corrected chi connectivity index (χ0v) is 23.4. The first-order valence-electron chi connectivity index (χ1n) is 14.3. The highest BCUT2D eigenvalue weighted by molar-refractivity contribution is 6.20. The summed E-state index contributed by atoms with van der Waals surface area (Å²) in [5.74, 6) is 0. The summed E-state index contributed by atoms with van der Waals surface area (Å²) < 4.78 is 3.35. The van der Waals surface area contributed by atoms with Crippen molar-refractivity contribution in [3.05, 3.63) is 140 Å². The Morgan fingerprint density at radius 3 is 1.89 bits per heavy atom. The third-order valence-electron chi connectivity index (χ3n) is 8.71. The van der Waals surface area contributed by atoms with E-state index >= 15 is 0 Å². The third kappa shape index (κ3) is 3.19. The summed E-state index contributed by atoms with van der Waals surface area (Å²) in [4.78, 5) is 37.2. The number of hydrogen-bond donors (Lipinski definition) is 0. The molecular weight excluding hydrogens is 544 g/mol. The SMILES string of the molecule is C=c1ccc(=C)c2cc(ccc2-c2ccc3c4c2cccc4c(=O)n2c4ccccc4nc32)c2nc3ccccc3n2c1=O. The van der Waals surface area contributed by atoms with E-state index < -0.39 is 0 Å². The molecule has 44 heavy (non-hydrogen) atoms. The van der Waals surface area contributed by atoms with Crippen molar-refractivity contribution in [2.24, 2.45) is 0 Å². The van der Waals surface area contributed by atoms with Crippen molar-refractivity contribution in [2.75, 3.05) is 0 Å². The van der Waals surface area contributed by atoms with Crippen LogP contribution in [0.1, 0.15) is 0 Å². The fourth-order valence-electron chi connectivity index (χ4n) is 6.65. The van der Waals surface area contributed by atoms with Gasteiger partial charge in [0, 0.05) is 26.8 Å². The fraction of sp³-hybridized carbons (Fsp3) is 0. The molecule has 0 aliphatic carbocycles. The summed E-state index contributed by atoms with van der Waals surface area (Å²) >= 11 is 0. The first kappa shape index (κ1) is 24.5. The molecule has 206 valence electrons. The molecule has 0 aliphatic heterocycles. The highest BCUT2D eigenvalue weighted by Crippen LogP contribution is 2.37. The van der Waals surface area contributed by atoms with E-state index in [0.717, 1.165) is 65.3 Å². The quantitative estimate of drug-likeness (QED) is 0.246. The number of nitrogens with zero attached hydrogens (tertiary/aromatic N) is 4. The Balaban J connectivity index is 1.43. The van der Waals surface area contributed by atoms with Crippen LogP contribution in [0.2, 0.25) is 0 Å². The molecule has 9 rings (SSSR count). The minimum Gasteiger partial charge on any atom is -0.268 e. The van der Waals surface area contributed by atoms with Crippen molar-refractivity contribution in [1.29, 1.82) is 0 Å². The maximum Gasteiger partial charge on any atom is 0.264 e. The lowest BCUT2D eigenvalue weighted by Gasteiger charge is -2.13. The van der Waals surface area contributed by atoms with Crippen molar-refractivity contribution in [3.8, 4) is 11.1 Å². The molecule has 0 unspecified atom stereocenters. The predicted octanol–water partition coefficient (Wildman–Crippen LogP) is 5.96. The number of para-hydroxylation sites is 4. The fourth-order valence-corrected chi connectivity index (χ4v) is 6.65. The van der Waals surface area contributed by atoms with Crippen LogP contribution >= 0.6 is 0 Å². The van der Waals surface area contributed by atoms with Gasteiger partial charge < -0.3 is 0 Å². The lowest BCUT2D eigenvalue weighted by molar-refractivity contribution is 1.15. The van der Waals surface area contributed by atoms with E-state index in [1.807, 2.05) is 78.9 Å². The molecule has 0 saturated carbocycles. The number of fused-ring (bicyclic) bond motifs is 10. The summed E-state index contributed by atoms with van der Waals surface area (Å²) in [6.07, 6.45) is 0. The lowest BCUT2D eigenvalue weighted by Crippen LogP contribution is -2.27. The first-order chi connectivity index (χ1) is 21.5. The molecule has 5 aromatic carbocycles. The lowest BCUT2D eigenvalue weighted by atomic mass is 9.92. The molecule has 2 bridgehead atoms. The summed E-state index contributed by atoms with van der Waals surface area (Å²) in [6.45, 7) is 8.44. The van der Waals surface area contributed by atoms with Crippen LogP contribution in [0.15, 0.2) is 119 Å². The van der Waals surface area contributed by atoms with Crippen molar-refractivity contribution in [1.82, 2.24) is 18.8 Å². The van der Waals surface area contributed by atoms with Gasteiger partial charge >= 0.3 is 0 Å². The average molecular weight is 567 g/mol. The predicted molar refractivity (Wildman–Crippen MR) is 180 cm³/mol. The number of aromatic nitrogens is 4. The van der Waals surface area contributed by atoms with Crippen molar-refractivity contribution < 1.29 is 0 Å². The second kappa shape index (κ2) is 8.69. The minimum atomic E-state index is -0.232. The molecule has 4 aromatic heterocycles. The smallest absolute Gasteiger partial charge is 0.264 e. The molecule has 6 nitrogen and oxygen atoms in total. The van der Waals surface area contributed by atoms with Crippen LogP contribution in [0.4, 0.5) is 0 Å². The molecule has 0 radical (unpaired) electrons. The second-order valence-corrected chi connectivity index (χ2v) is 11.2. The van der Waals surface area contributed by atoms with E-state index in [9.17, 15) is 9.59 Å². The van der Waals surface area contributed by atoms with Gasteiger partial charge in [0.2, 0.25) is 0 Å². The molecule has 9 aromatic rings. The number of hydrogen-bond acceptors (Lipinski definition) is 4. The van der Waals surface area contributed by atoms with E-state index in [-0.39, 0.29) is 11.1 Å². The normalized spacial score (nSPS) is 12.0. The highest BCUT2D eigenvalue weighted by Gasteiger charge is 2.18. The molecule has 0 aliphatic rings. The van der Waals surface area contributed by atoms with Crippen LogP contribution in [0.25, 0.3) is 90.0 Å². The molecule has 0 fully saturated rings. The molecule has 0 saturated heterocycles. The zero-order valence-electron chi connectivity index (χ0n) is 23.4. The van der Waals surface area contributed by atoms with Crippen LogP contribution in [0, 0.1) is 0 Å². The van der Waals surface area contributed by atoms with Crippen LogP contribution in [0.3, 0.4) is 0 Å². The highest BCUT2D eigenvalue weighted by atomic mass is 16.1. The van der Waals surface area contributed by atoms with Crippen LogP contribution in [-0.2, 0) is 0 Å². The Kier molecular flexibility index (Phi) is 4.83. The van der Waals surface area contributed by atoms with E-state index in [1.165, 1.54) is 0 Å². The molecule has 0 atom stereocenters. The van der Waals surface area contributed by atoms with Gasteiger partial charge in [0.15, 0.2) is 0 Å². The van der Waals surface area contributed by atoms with Crippen LogP contribution in [0.5, 0.6) is 0 Å². The summed E-state index contributed by atoms with van der Waals surface area (Å²) in [5.41, 5.74) is 5.86. The standard InChI is InChI=1S/C38H22N4O2/c1-21-14-15-22(2)37(43)41-32-12-5-3-10-30(32)39-35(41)23-16-17-25(29(21)20-23)24-18-19-27-34-26(24)8-7-9-28(34)38(44)42-33-13-6-4-11-31(33)40-36(27)42/h3-20H,1-2H2. The molecule has 0 amide bonds. The molecule has 0 spiro atoms. The van der Waals surface area contributed by atoms with Gasteiger partial charge in [-0.15, -0.1) is 0 Å². The van der Waals surface area contributed by atoms with Crippen LogP contribution < -0.4 is 21.6 Å². The Bertz CT molecular complexity index is 2980. The van der Waals surface area contributed by atoms with Gasteiger partial charge in [0.05, 0.1) is 22.1 Å². The van der Waals surface area contributed by atoms with Gasteiger partial charge in [-0.05, 0) is 75.6 Å². The van der Waals surface area contributed by atoms with Gasteiger partial charge in [-0.25, -0.2) is 9.97 Å². The molecule has 4 heterocycles.